The molecule has 3 aromatic rings. The molecule has 0 aliphatic carbocycles. The van der Waals surface area contributed by atoms with Crippen molar-refractivity contribution in [2.24, 2.45) is 10.2 Å². The molecule has 1 N–H and O–H groups in total. The second kappa shape index (κ2) is 14.6. The van der Waals surface area contributed by atoms with Crippen molar-refractivity contribution in [1.29, 1.82) is 0 Å². The van der Waals surface area contributed by atoms with E-state index in [4.69, 9.17) is 4.74 Å². The van der Waals surface area contributed by atoms with Gasteiger partial charge in [0.2, 0.25) is 5.91 Å². The molecule has 0 radical (unpaired) electrons. The molecule has 3 rings (SSSR count). The molecule has 0 aromatic heterocycles. The van der Waals surface area contributed by atoms with E-state index in [0.29, 0.717) is 18.7 Å². The smallest absolute Gasteiger partial charge is 0.338 e. The lowest BCUT2D eigenvalue weighted by molar-refractivity contribution is -0.393. The van der Waals surface area contributed by atoms with E-state index in [1.54, 1.807) is 12.1 Å². The number of hydrogen-bond donors (Lipinski definition) is 1. The number of anilines is 2. The van der Waals surface area contributed by atoms with Crippen molar-refractivity contribution in [2.45, 2.75) is 25.2 Å². The lowest BCUT2D eigenvalue weighted by Crippen LogP contribution is -2.29. The molecule has 0 aliphatic heterocycles. The molecule has 0 bridgehead atoms. The first-order valence-corrected chi connectivity index (χ1v) is 14.8. The number of non-ortho nitro benzene ring substituents is 1. The molecule has 44 heavy (non-hydrogen) atoms. The van der Waals surface area contributed by atoms with E-state index in [2.05, 4.69) is 31.5 Å². The van der Waals surface area contributed by atoms with E-state index in [9.17, 15) is 42.1 Å². The Labute approximate surface area is 258 Å². The minimum absolute atomic E-state index is 0.0402. The van der Waals surface area contributed by atoms with Gasteiger partial charge in [-0.3, -0.25) is 25.0 Å². The zero-order valence-electron chi connectivity index (χ0n) is 23.1. The van der Waals surface area contributed by atoms with Crippen molar-refractivity contribution in [2.75, 3.05) is 29.9 Å². The Bertz CT molecular complexity index is 1750. The Kier molecular flexibility index (Phi) is 11.1. The fraction of sp³-hybridized carbons (Fsp3) is 0.231. The van der Waals surface area contributed by atoms with Gasteiger partial charge in [0.05, 0.1) is 43.1 Å². The third-order valence-electron chi connectivity index (χ3n) is 5.79. The normalized spacial score (nSPS) is 11.3. The number of nitrogens with one attached hydrogen (secondary N) is 1. The maximum absolute atomic E-state index is 13.3. The van der Waals surface area contributed by atoms with Crippen LogP contribution in [0.5, 0.6) is 0 Å². The average molecular weight is 695 g/mol. The van der Waals surface area contributed by atoms with Gasteiger partial charge in [-0.05, 0) is 58.7 Å². The first-order valence-electron chi connectivity index (χ1n) is 12.6. The summed E-state index contributed by atoms with van der Waals surface area (Å²) < 4.78 is 40.8. The lowest BCUT2D eigenvalue weighted by Gasteiger charge is -2.25. The fourth-order valence-corrected chi connectivity index (χ4v) is 4.89. The molecule has 0 spiro atoms. The van der Waals surface area contributed by atoms with Gasteiger partial charge in [0.25, 0.3) is 5.69 Å². The molecular weight excluding hydrogens is 671 g/mol. The van der Waals surface area contributed by atoms with Crippen molar-refractivity contribution < 1.29 is 36.5 Å². The fourth-order valence-electron chi connectivity index (χ4n) is 3.86. The second-order valence-corrected chi connectivity index (χ2v) is 11.2. The van der Waals surface area contributed by atoms with Crippen molar-refractivity contribution in [3.8, 4) is 0 Å². The van der Waals surface area contributed by atoms with Crippen LogP contribution < -0.4 is 10.2 Å². The highest BCUT2D eigenvalue weighted by molar-refractivity contribution is 9.10. The third kappa shape index (κ3) is 8.83. The molecule has 0 saturated carbocycles. The number of benzene rings is 3. The number of halogens is 2. The van der Waals surface area contributed by atoms with E-state index in [0.717, 1.165) is 24.3 Å². The molecule has 18 heteroatoms. The number of rotatable bonds is 13. The van der Waals surface area contributed by atoms with E-state index < -0.39 is 48.2 Å². The van der Waals surface area contributed by atoms with Crippen LogP contribution in [0.4, 0.5) is 38.0 Å². The summed E-state index contributed by atoms with van der Waals surface area (Å²) in [7, 11) is -5.00. The maximum Gasteiger partial charge on any atom is 0.338 e. The summed E-state index contributed by atoms with van der Waals surface area (Å²) >= 11 is 3.06. The van der Waals surface area contributed by atoms with Gasteiger partial charge in [-0.2, -0.15) is 8.42 Å². The molecule has 0 aliphatic rings. The van der Waals surface area contributed by atoms with Gasteiger partial charge in [0.15, 0.2) is 5.69 Å². The van der Waals surface area contributed by atoms with Crippen LogP contribution in [0.3, 0.4) is 0 Å². The Morgan fingerprint density at radius 1 is 1.05 bits per heavy atom. The minimum atomic E-state index is -5.00. The van der Waals surface area contributed by atoms with Crippen molar-refractivity contribution in [1.82, 2.24) is 0 Å². The van der Waals surface area contributed by atoms with Crippen LogP contribution >= 0.6 is 15.9 Å². The highest BCUT2D eigenvalue weighted by Crippen LogP contribution is 2.40. The van der Waals surface area contributed by atoms with Crippen LogP contribution in [0.2, 0.25) is 0 Å². The average Bonchev–Trinajstić information content (AvgIpc) is 2.95. The van der Waals surface area contributed by atoms with E-state index in [1.807, 2.05) is 11.8 Å². The third-order valence-corrected chi connectivity index (χ3v) is 7.21. The predicted octanol–water partition coefficient (Wildman–Crippen LogP) is 6.37. The summed E-state index contributed by atoms with van der Waals surface area (Å²) in [5, 5.41) is 33.2. The standard InChI is InChI=1S/C26H24BrFN6O9S/c1-3-9-32(10-11-43-26(36)17-5-4-6-20(12-17)44(28,41)42)18-7-8-22(23(14-18)29-16(2)35)30-31-25-21(27)13-19(33(37)38)15-24(25)34(39)40/h4-8,12-15H,3,9-11H2,1-2H3,(H,29,35). The van der Waals surface area contributed by atoms with Crippen molar-refractivity contribution in [3.63, 3.8) is 0 Å². The Morgan fingerprint density at radius 2 is 1.77 bits per heavy atom. The number of amides is 1. The molecule has 0 unspecified atom stereocenters. The van der Waals surface area contributed by atoms with Gasteiger partial charge in [-0.25, -0.2) is 4.79 Å². The first kappa shape index (κ1) is 33.7. The maximum atomic E-state index is 13.3. The van der Waals surface area contributed by atoms with Crippen LogP contribution in [0.1, 0.15) is 30.6 Å². The van der Waals surface area contributed by atoms with Gasteiger partial charge in [0, 0.05) is 25.2 Å². The molecule has 0 fully saturated rings. The van der Waals surface area contributed by atoms with Gasteiger partial charge < -0.3 is 15.0 Å². The first-order chi connectivity index (χ1) is 20.7. The molecule has 15 nitrogen and oxygen atoms in total. The predicted molar refractivity (Wildman–Crippen MR) is 160 cm³/mol. The quantitative estimate of drug-likeness (QED) is 0.0688. The Hall–Kier alpha value is -4.84. The number of carbonyl (C=O) groups excluding carboxylic acids is 2. The SMILES string of the molecule is CCCN(CCOC(=O)c1cccc(S(=O)(=O)F)c1)c1ccc(N=Nc2c(Br)cc([N+](=O)[O-])cc2[N+](=O)[O-])c(NC(C)=O)c1. The van der Waals surface area contributed by atoms with Crippen molar-refractivity contribution in [3.05, 3.63) is 84.9 Å². The molecule has 232 valence electrons. The molecule has 0 heterocycles. The van der Waals surface area contributed by atoms with Gasteiger partial charge in [-0.15, -0.1) is 14.1 Å². The zero-order chi connectivity index (χ0) is 32.6. The second-order valence-electron chi connectivity index (χ2n) is 8.98. The number of ether oxygens (including phenoxy) is 1. The molecule has 0 saturated heterocycles. The molecule has 1 amide bonds. The summed E-state index contributed by atoms with van der Waals surface area (Å²) in [4.78, 5) is 46.6. The van der Waals surface area contributed by atoms with Crippen molar-refractivity contribution >= 4 is 72.2 Å². The number of esters is 1. The Balaban J connectivity index is 1.86. The highest BCUT2D eigenvalue weighted by Gasteiger charge is 2.24. The number of nitro groups is 2. The number of nitrogens with zero attached hydrogens (tertiary/aromatic N) is 5. The highest BCUT2D eigenvalue weighted by atomic mass is 79.9. The number of nitro benzene ring substituents is 2. The molecule has 3 aromatic carbocycles. The lowest BCUT2D eigenvalue weighted by atomic mass is 10.2. The Morgan fingerprint density at radius 3 is 2.39 bits per heavy atom. The summed E-state index contributed by atoms with van der Waals surface area (Å²) in [6, 6.07) is 10.9. The van der Waals surface area contributed by atoms with Crippen LogP contribution in [0, 0.1) is 20.2 Å². The largest absolute Gasteiger partial charge is 0.460 e. The summed E-state index contributed by atoms with van der Waals surface area (Å²) in [6.07, 6.45) is 0.680. The summed E-state index contributed by atoms with van der Waals surface area (Å²) in [5.74, 6) is -1.30. The molecule has 0 atom stereocenters. The monoisotopic (exact) mass is 694 g/mol. The van der Waals surface area contributed by atoms with Crippen LogP contribution in [-0.4, -0.2) is 49.8 Å². The number of azo groups is 1. The van der Waals surface area contributed by atoms with Gasteiger partial charge >= 0.3 is 21.9 Å². The van der Waals surface area contributed by atoms with Crippen LogP contribution in [-0.2, 0) is 19.8 Å². The summed E-state index contributed by atoms with van der Waals surface area (Å²) in [6.45, 7) is 3.73. The molecular formula is C26H24BrFN6O9S. The van der Waals surface area contributed by atoms with E-state index >= 15 is 0 Å². The van der Waals surface area contributed by atoms with E-state index in [1.165, 1.54) is 25.1 Å². The van der Waals surface area contributed by atoms with Crippen LogP contribution in [0.25, 0.3) is 0 Å². The van der Waals surface area contributed by atoms with Gasteiger partial charge in [-0.1, -0.05) is 13.0 Å². The topological polar surface area (TPSA) is 204 Å². The zero-order valence-corrected chi connectivity index (χ0v) is 25.5. The van der Waals surface area contributed by atoms with Crippen LogP contribution in [0.15, 0.2) is 74.2 Å². The minimum Gasteiger partial charge on any atom is -0.460 e. The number of carbonyl (C=O) groups is 2. The van der Waals surface area contributed by atoms with E-state index in [-0.39, 0.29) is 40.2 Å². The summed E-state index contributed by atoms with van der Waals surface area (Å²) in [5.41, 5.74) is -0.701. The number of hydrogen-bond acceptors (Lipinski definition) is 12. The van der Waals surface area contributed by atoms with Gasteiger partial charge in [0.1, 0.15) is 12.3 Å².